The maximum Gasteiger partial charge on any atom is 1.00 e. The van der Waals surface area contributed by atoms with E-state index in [1.54, 1.807) is 0 Å². The molecule has 16 heteroatoms. The Bertz CT molecular complexity index is 430. The van der Waals surface area contributed by atoms with Crippen molar-refractivity contribution in [1.29, 1.82) is 0 Å². The van der Waals surface area contributed by atoms with Crippen molar-refractivity contribution >= 4 is 42.3 Å². The third-order valence-electron chi connectivity index (χ3n) is 2.33. The van der Waals surface area contributed by atoms with E-state index in [1.807, 2.05) is 0 Å². The fraction of sp³-hybridized carbons (Fsp3) is 0.583. The Morgan fingerprint density at radius 2 is 0.929 bits per heavy atom. The molecule has 13 nitrogen and oxygen atoms in total. The second-order valence-electron chi connectivity index (χ2n) is 4.55. The number of nitrogens with two attached hydrogens (primary N) is 1. The predicted octanol–water partition coefficient (Wildman–Crippen LogP) is -11.3. The zero-order valence-corrected chi connectivity index (χ0v) is 20.3. The Balaban J connectivity index is -0.000000195. The Morgan fingerprint density at radius 1 is 0.679 bits per heavy atom. The van der Waals surface area contributed by atoms with E-state index in [2.05, 4.69) is 5.73 Å². The number of nitrogens with zero attached hydrogens (tertiary/aromatic N) is 2. The van der Waals surface area contributed by atoms with E-state index in [0.717, 1.165) is 9.80 Å². The van der Waals surface area contributed by atoms with Gasteiger partial charge in [-0.15, -0.1) is 12.4 Å². The largest absolute Gasteiger partial charge is 1.00 e. The first-order valence-corrected chi connectivity index (χ1v) is 6.67. The number of halogens is 1. The molecule has 0 spiro atoms. The van der Waals surface area contributed by atoms with Crippen molar-refractivity contribution in [3.63, 3.8) is 0 Å². The number of hydrogen-bond acceptors (Lipinski definition) is 10. The monoisotopic (exact) mass is 447 g/mol. The van der Waals surface area contributed by atoms with E-state index in [4.69, 9.17) is 15.3 Å². The third-order valence-corrected chi connectivity index (χ3v) is 2.33. The third kappa shape index (κ3) is 30.3. The molecule has 0 bridgehead atoms. The molecule has 0 aliphatic carbocycles. The van der Waals surface area contributed by atoms with Crippen LogP contribution in [0.4, 0.5) is 0 Å². The van der Waals surface area contributed by atoms with E-state index in [9.17, 15) is 34.2 Å². The number of aliphatic carboxylic acids is 5. The molecular weight excluding hydrogens is 428 g/mol. The van der Waals surface area contributed by atoms with Gasteiger partial charge < -0.3 is 40.9 Å². The summed E-state index contributed by atoms with van der Waals surface area (Å²) in [6.45, 7) is -3.03. The van der Waals surface area contributed by atoms with Crippen LogP contribution in [0.15, 0.2) is 0 Å². The molecule has 0 aromatic heterocycles. The summed E-state index contributed by atoms with van der Waals surface area (Å²) >= 11 is 0. The second kappa shape index (κ2) is 22.8. The minimum absolute atomic E-state index is 0. The molecule has 0 amide bonds. The smallest absolute Gasteiger partial charge is 0.549 e. The van der Waals surface area contributed by atoms with E-state index in [0.29, 0.717) is 0 Å². The maximum absolute atomic E-state index is 10.5. The molecule has 0 aromatic rings. The van der Waals surface area contributed by atoms with Gasteiger partial charge in [0.2, 0.25) is 0 Å². The molecule has 0 aliphatic rings. The van der Waals surface area contributed by atoms with Gasteiger partial charge in [0.15, 0.2) is 0 Å². The minimum Gasteiger partial charge on any atom is -0.549 e. The number of carboxylic acid groups (broad SMARTS) is 5. The molecule has 5 N–H and O–H groups in total. The zero-order valence-electron chi connectivity index (χ0n) is 15.5. The van der Waals surface area contributed by atoms with Crippen LogP contribution in [0.25, 0.3) is 0 Å². The molecule has 0 saturated carbocycles. The van der Waals surface area contributed by atoms with Crippen LogP contribution in [0.5, 0.6) is 0 Å². The Labute approximate surface area is 210 Å². The molecule has 0 aromatic carbocycles. The second-order valence-corrected chi connectivity index (χ2v) is 4.55. The van der Waals surface area contributed by atoms with Gasteiger partial charge >= 0.3 is 77.0 Å². The summed E-state index contributed by atoms with van der Waals surface area (Å²) in [6, 6.07) is 0. The molecule has 0 radical (unpaired) electrons. The molecule has 0 saturated heterocycles. The SMILES string of the molecule is Cl.NCC(=O)O.O=C([O-])CN(CCN(CC(=O)O)CC(=O)O)CC(=O)[O-].[Na+].[Na+]. The summed E-state index contributed by atoms with van der Waals surface area (Å²) in [5.74, 6) is -6.48. The number of hydrogen-bond donors (Lipinski definition) is 4. The molecular formula is C12H20ClN3Na2O10. The van der Waals surface area contributed by atoms with Crippen molar-refractivity contribution in [2.24, 2.45) is 5.73 Å². The Morgan fingerprint density at radius 3 is 1.11 bits per heavy atom. The van der Waals surface area contributed by atoms with Gasteiger partial charge in [0.25, 0.3) is 0 Å². The number of carboxylic acids is 5. The number of rotatable bonds is 12. The van der Waals surface area contributed by atoms with Crippen LogP contribution >= 0.6 is 12.4 Å². The first-order valence-electron chi connectivity index (χ1n) is 6.67. The Kier molecular flexibility index (Phi) is 31.1. The molecule has 0 fully saturated rings. The summed E-state index contributed by atoms with van der Waals surface area (Å²) in [6.07, 6.45) is 0. The summed E-state index contributed by atoms with van der Waals surface area (Å²) < 4.78 is 0. The van der Waals surface area contributed by atoms with Crippen LogP contribution in [0, 0.1) is 0 Å². The average Bonchev–Trinajstić information content (AvgIpc) is 2.42. The van der Waals surface area contributed by atoms with Gasteiger partial charge in [0.05, 0.1) is 31.6 Å². The molecule has 28 heavy (non-hydrogen) atoms. The average molecular weight is 448 g/mol. The van der Waals surface area contributed by atoms with Gasteiger partial charge in [-0.25, -0.2) is 0 Å². The number of carbonyl (C=O) groups excluding carboxylic acids is 2. The van der Waals surface area contributed by atoms with Crippen molar-refractivity contribution in [3.05, 3.63) is 0 Å². The van der Waals surface area contributed by atoms with Crippen LogP contribution in [0.3, 0.4) is 0 Å². The fourth-order valence-electron chi connectivity index (χ4n) is 1.46. The van der Waals surface area contributed by atoms with Gasteiger partial charge in [0, 0.05) is 26.2 Å². The van der Waals surface area contributed by atoms with Crippen LogP contribution in [0.2, 0.25) is 0 Å². The van der Waals surface area contributed by atoms with Crippen molar-refractivity contribution in [3.8, 4) is 0 Å². The van der Waals surface area contributed by atoms with Crippen LogP contribution in [0.1, 0.15) is 0 Å². The van der Waals surface area contributed by atoms with Gasteiger partial charge in [-0.1, -0.05) is 0 Å². The van der Waals surface area contributed by atoms with E-state index in [-0.39, 0.29) is 91.2 Å². The summed E-state index contributed by atoms with van der Waals surface area (Å²) in [5.41, 5.74) is 4.57. The van der Waals surface area contributed by atoms with Crippen molar-refractivity contribution in [1.82, 2.24) is 9.80 Å². The summed E-state index contributed by atoms with van der Waals surface area (Å²) in [4.78, 5) is 53.1. The summed E-state index contributed by atoms with van der Waals surface area (Å²) in [7, 11) is 0. The topological polar surface area (TPSA) is 225 Å². The van der Waals surface area contributed by atoms with Gasteiger partial charge in [-0.2, -0.15) is 0 Å². The van der Waals surface area contributed by atoms with Gasteiger partial charge in [-0.3, -0.25) is 24.2 Å². The van der Waals surface area contributed by atoms with Gasteiger partial charge in [0.1, 0.15) is 0 Å². The van der Waals surface area contributed by atoms with Crippen molar-refractivity contribution in [2.45, 2.75) is 0 Å². The minimum atomic E-state index is -1.51. The van der Waals surface area contributed by atoms with Crippen LogP contribution < -0.4 is 75.1 Å². The molecule has 0 heterocycles. The first kappa shape index (κ1) is 38.2. The van der Waals surface area contributed by atoms with E-state index >= 15 is 0 Å². The molecule has 0 unspecified atom stereocenters. The first-order chi connectivity index (χ1) is 11.5. The van der Waals surface area contributed by atoms with Crippen molar-refractivity contribution in [2.75, 3.05) is 45.8 Å². The van der Waals surface area contributed by atoms with Crippen LogP contribution in [-0.2, 0) is 24.0 Å². The molecule has 0 aliphatic heterocycles. The standard InChI is InChI=1S/C10H16N2O8.C2H5NO2.ClH.2Na/c13-7(14)3-11(4-8(15)16)1-2-12(5-9(17)18)6-10(19)20;3-1-2(4)5;;;/h1-6H2,(H,13,14)(H,15,16)(H,17,18)(H,19,20);1,3H2,(H,4,5);1H;;/q;;;2*+1/p-2. The predicted molar refractivity (Wildman–Crippen MR) is 82.1 cm³/mol. The molecule has 0 atom stereocenters. The zero-order chi connectivity index (χ0) is 20.0. The maximum atomic E-state index is 10.5. The number of carbonyl (C=O) groups is 5. The van der Waals surface area contributed by atoms with E-state index < -0.39 is 56.0 Å². The van der Waals surface area contributed by atoms with Crippen LogP contribution in [-0.4, -0.2) is 101 Å². The normalized spacial score (nSPS) is 8.96. The molecule has 152 valence electrons. The van der Waals surface area contributed by atoms with Crippen molar-refractivity contribution < 1.29 is 109 Å². The van der Waals surface area contributed by atoms with E-state index in [1.165, 1.54) is 0 Å². The molecule has 0 rings (SSSR count). The quantitative estimate of drug-likeness (QED) is 0.204. The summed E-state index contributed by atoms with van der Waals surface area (Å²) in [5, 5.41) is 45.6. The Hall–Kier alpha value is -0.480. The fourth-order valence-corrected chi connectivity index (χ4v) is 1.46. The van der Waals surface area contributed by atoms with Gasteiger partial charge in [-0.05, 0) is 0 Å².